The first kappa shape index (κ1) is 8.97. The quantitative estimate of drug-likeness (QED) is 0.680. The Bertz CT molecular complexity index is 284. The van der Waals surface area contributed by atoms with Gasteiger partial charge in [0.05, 0.1) is 5.69 Å². The monoisotopic (exact) mass is 171 g/mol. The summed E-state index contributed by atoms with van der Waals surface area (Å²) in [6, 6.07) is 2.19. The average molecular weight is 171 g/mol. The highest BCUT2D eigenvalue weighted by molar-refractivity contribution is 5.42. The van der Waals surface area contributed by atoms with Gasteiger partial charge in [0.2, 0.25) is 0 Å². The zero-order chi connectivity index (χ0) is 9.14. The van der Waals surface area contributed by atoms with Gasteiger partial charge in [-0.1, -0.05) is 13.3 Å². The molecule has 1 nitrogen and oxygen atoms in total. The van der Waals surface area contributed by atoms with Crippen LogP contribution in [0.4, 0.5) is 14.5 Å². The van der Waals surface area contributed by atoms with E-state index in [2.05, 4.69) is 0 Å². The van der Waals surface area contributed by atoms with Crippen molar-refractivity contribution < 1.29 is 8.78 Å². The largest absolute Gasteiger partial charge is 0.396 e. The van der Waals surface area contributed by atoms with Crippen LogP contribution in [0.5, 0.6) is 0 Å². The number of hydrogen-bond acceptors (Lipinski definition) is 1. The summed E-state index contributed by atoms with van der Waals surface area (Å²) in [4.78, 5) is 0. The van der Waals surface area contributed by atoms with E-state index in [1.165, 1.54) is 0 Å². The van der Waals surface area contributed by atoms with E-state index in [-0.39, 0.29) is 5.69 Å². The van der Waals surface area contributed by atoms with E-state index in [4.69, 9.17) is 5.73 Å². The van der Waals surface area contributed by atoms with Crippen molar-refractivity contribution in [2.75, 3.05) is 5.73 Å². The zero-order valence-corrected chi connectivity index (χ0v) is 6.90. The number of hydrogen-bond donors (Lipinski definition) is 1. The second-order valence-corrected chi connectivity index (χ2v) is 2.72. The van der Waals surface area contributed by atoms with Crippen molar-refractivity contribution >= 4 is 5.69 Å². The summed E-state index contributed by atoms with van der Waals surface area (Å²) in [6.07, 6.45) is 1.34. The molecule has 0 unspecified atom stereocenters. The van der Waals surface area contributed by atoms with Gasteiger partial charge in [-0.05, 0) is 18.1 Å². The van der Waals surface area contributed by atoms with E-state index in [1.807, 2.05) is 6.92 Å². The molecule has 1 aromatic rings. The molecule has 0 saturated heterocycles. The molecule has 0 saturated carbocycles. The standard InChI is InChI=1S/C9H11F2N/c1-2-3-6-4-8(11)9(12)5-7(6)10/h4-5H,2-3,12H2,1H3. The molecule has 66 valence electrons. The third-order valence-corrected chi connectivity index (χ3v) is 1.69. The molecule has 0 aromatic heterocycles. The zero-order valence-electron chi connectivity index (χ0n) is 6.90. The number of halogens is 2. The minimum absolute atomic E-state index is 0.132. The SMILES string of the molecule is CCCc1cc(F)c(N)cc1F. The number of benzene rings is 1. The topological polar surface area (TPSA) is 26.0 Å². The van der Waals surface area contributed by atoms with Crippen LogP contribution in [0.1, 0.15) is 18.9 Å². The third-order valence-electron chi connectivity index (χ3n) is 1.69. The summed E-state index contributed by atoms with van der Waals surface area (Å²) >= 11 is 0. The van der Waals surface area contributed by atoms with E-state index in [9.17, 15) is 8.78 Å². The molecule has 0 aliphatic carbocycles. The molecular weight excluding hydrogens is 160 g/mol. The Balaban J connectivity index is 3.05. The van der Waals surface area contributed by atoms with E-state index in [0.29, 0.717) is 12.0 Å². The number of aryl methyl sites for hydroxylation is 1. The molecule has 0 atom stereocenters. The molecule has 0 heterocycles. The lowest BCUT2D eigenvalue weighted by Gasteiger charge is -2.03. The highest BCUT2D eigenvalue weighted by Gasteiger charge is 2.06. The maximum atomic E-state index is 13.0. The second-order valence-electron chi connectivity index (χ2n) is 2.72. The van der Waals surface area contributed by atoms with Gasteiger partial charge in [0.15, 0.2) is 0 Å². The first-order valence-corrected chi connectivity index (χ1v) is 3.88. The van der Waals surface area contributed by atoms with Crippen LogP contribution < -0.4 is 5.73 Å². The van der Waals surface area contributed by atoms with Crippen molar-refractivity contribution in [3.05, 3.63) is 29.3 Å². The molecule has 0 amide bonds. The van der Waals surface area contributed by atoms with Crippen LogP contribution in [0.3, 0.4) is 0 Å². The smallest absolute Gasteiger partial charge is 0.146 e. The number of rotatable bonds is 2. The fourth-order valence-corrected chi connectivity index (χ4v) is 1.06. The van der Waals surface area contributed by atoms with Crippen molar-refractivity contribution in [2.45, 2.75) is 19.8 Å². The second kappa shape index (κ2) is 3.52. The van der Waals surface area contributed by atoms with Crippen LogP contribution in [0.25, 0.3) is 0 Å². The number of nitrogens with two attached hydrogens (primary N) is 1. The highest BCUT2D eigenvalue weighted by atomic mass is 19.1. The van der Waals surface area contributed by atoms with Crippen molar-refractivity contribution in [3.8, 4) is 0 Å². The average Bonchev–Trinajstić information content (AvgIpc) is 2.01. The molecule has 0 radical (unpaired) electrons. The Morgan fingerprint density at radius 2 is 1.92 bits per heavy atom. The lowest BCUT2D eigenvalue weighted by atomic mass is 10.1. The van der Waals surface area contributed by atoms with Crippen LogP contribution in [-0.4, -0.2) is 0 Å². The number of anilines is 1. The minimum Gasteiger partial charge on any atom is -0.396 e. The summed E-state index contributed by atoms with van der Waals surface area (Å²) < 4.78 is 25.8. The van der Waals surface area contributed by atoms with Crippen molar-refractivity contribution in [2.24, 2.45) is 0 Å². The van der Waals surface area contributed by atoms with Crippen LogP contribution in [0, 0.1) is 11.6 Å². The molecule has 0 spiro atoms. The van der Waals surface area contributed by atoms with Gasteiger partial charge in [-0.25, -0.2) is 8.78 Å². The van der Waals surface area contributed by atoms with Crippen LogP contribution in [0.15, 0.2) is 12.1 Å². The van der Waals surface area contributed by atoms with E-state index in [1.54, 1.807) is 0 Å². The summed E-state index contributed by atoms with van der Waals surface area (Å²) in [5.41, 5.74) is 5.43. The first-order chi connectivity index (χ1) is 5.65. The lowest BCUT2D eigenvalue weighted by molar-refractivity contribution is 0.586. The predicted molar refractivity (Wildman–Crippen MR) is 44.8 cm³/mol. The fraction of sp³-hybridized carbons (Fsp3) is 0.333. The summed E-state index contributed by atoms with van der Waals surface area (Å²) in [7, 11) is 0. The van der Waals surface area contributed by atoms with Gasteiger partial charge < -0.3 is 5.73 Å². The third kappa shape index (κ3) is 1.72. The lowest BCUT2D eigenvalue weighted by Crippen LogP contribution is -1.97. The molecule has 1 aromatic carbocycles. The van der Waals surface area contributed by atoms with Gasteiger partial charge in [-0.2, -0.15) is 0 Å². The Kier molecular flexibility index (Phi) is 2.63. The Morgan fingerprint density at radius 1 is 1.25 bits per heavy atom. The van der Waals surface area contributed by atoms with Crippen molar-refractivity contribution in [1.29, 1.82) is 0 Å². The van der Waals surface area contributed by atoms with Gasteiger partial charge in [-0.3, -0.25) is 0 Å². The van der Waals surface area contributed by atoms with Gasteiger partial charge in [0.1, 0.15) is 11.6 Å². The van der Waals surface area contributed by atoms with Crippen molar-refractivity contribution in [1.82, 2.24) is 0 Å². The Labute approximate surface area is 70.2 Å². The van der Waals surface area contributed by atoms with Crippen LogP contribution >= 0.6 is 0 Å². The molecule has 12 heavy (non-hydrogen) atoms. The summed E-state index contributed by atoms with van der Waals surface area (Å²) in [5, 5.41) is 0. The van der Waals surface area contributed by atoms with Gasteiger partial charge >= 0.3 is 0 Å². The van der Waals surface area contributed by atoms with E-state index >= 15 is 0 Å². The van der Waals surface area contributed by atoms with E-state index < -0.39 is 11.6 Å². The predicted octanol–water partition coefficient (Wildman–Crippen LogP) is 2.50. The molecule has 2 N–H and O–H groups in total. The van der Waals surface area contributed by atoms with Gasteiger partial charge in [0, 0.05) is 6.07 Å². The van der Waals surface area contributed by atoms with Gasteiger partial charge in [0.25, 0.3) is 0 Å². The molecule has 0 fully saturated rings. The van der Waals surface area contributed by atoms with Crippen molar-refractivity contribution in [3.63, 3.8) is 0 Å². The van der Waals surface area contributed by atoms with Gasteiger partial charge in [-0.15, -0.1) is 0 Å². The normalized spacial score (nSPS) is 10.2. The molecule has 3 heteroatoms. The molecular formula is C9H11F2N. The molecule has 1 rings (SSSR count). The molecule has 0 aliphatic heterocycles. The molecule has 0 aliphatic rings. The Hall–Kier alpha value is -1.12. The van der Waals surface area contributed by atoms with E-state index in [0.717, 1.165) is 18.6 Å². The molecule has 0 bridgehead atoms. The minimum atomic E-state index is -0.542. The van der Waals surface area contributed by atoms with Crippen LogP contribution in [0.2, 0.25) is 0 Å². The summed E-state index contributed by atoms with van der Waals surface area (Å²) in [5.74, 6) is -0.962. The maximum absolute atomic E-state index is 13.0. The fourth-order valence-electron chi connectivity index (χ4n) is 1.06. The first-order valence-electron chi connectivity index (χ1n) is 3.88. The Morgan fingerprint density at radius 3 is 2.50 bits per heavy atom. The maximum Gasteiger partial charge on any atom is 0.146 e. The summed E-state index contributed by atoms with van der Waals surface area (Å²) in [6.45, 7) is 1.91. The van der Waals surface area contributed by atoms with Crippen LogP contribution in [-0.2, 0) is 6.42 Å². The highest BCUT2D eigenvalue weighted by Crippen LogP contribution is 2.17. The number of nitrogen functional groups attached to an aromatic ring is 1.